The van der Waals surface area contributed by atoms with E-state index in [1.54, 1.807) is 0 Å². The fourth-order valence-corrected chi connectivity index (χ4v) is 4.03. The quantitative estimate of drug-likeness (QED) is 0.520. The molecular weight excluding hydrogens is 346 g/mol. The number of allylic oxidation sites excluding steroid dienone is 4. The Morgan fingerprint density at radius 1 is 0.929 bits per heavy atom. The fraction of sp³-hybridized carbons (Fsp3) is 0.292. The number of para-hydroxylation sites is 2. The number of aromatic nitrogens is 1. The van der Waals surface area contributed by atoms with Crippen LogP contribution in [-0.2, 0) is 0 Å². The van der Waals surface area contributed by atoms with Crippen molar-refractivity contribution in [1.29, 1.82) is 0 Å². The predicted octanol–water partition coefficient (Wildman–Crippen LogP) is 6.51. The number of rotatable bonds is 2. The molecule has 0 spiro atoms. The van der Waals surface area contributed by atoms with Crippen LogP contribution in [0.15, 0.2) is 69.4 Å². The molecule has 1 aliphatic rings. The molecule has 144 valence electrons. The van der Waals surface area contributed by atoms with Crippen LogP contribution >= 0.6 is 0 Å². The van der Waals surface area contributed by atoms with Gasteiger partial charge in [-0.15, -0.1) is 0 Å². The summed E-state index contributed by atoms with van der Waals surface area (Å²) < 4.78 is 5.90. The molecule has 0 amide bonds. The van der Waals surface area contributed by atoms with E-state index in [-0.39, 0.29) is 5.41 Å². The summed E-state index contributed by atoms with van der Waals surface area (Å²) in [6.07, 6.45) is 0. The molecule has 0 aliphatic carbocycles. The third-order valence-electron chi connectivity index (χ3n) is 6.45. The molecule has 2 heterocycles. The first kappa shape index (κ1) is 18.4. The summed E-state index contributed by atoms with van der Waals surface area (Å²) in [5.41, 5.74) is 15.9. The Labute approximate surface area is 166 Å². The minimum atomic E-state index is 0.0638. The zero-order valence-corrected chi connectivity index (χ0v) is 17.4. The van der Waals surface area contributed by atoms with Crippen molar-refractivity contribution in [2.75, 3.05) is 10.6 Å². The van der Waals surface area contributed by atoms with E-state index in [1.165, 1.54) is 22.5 Å². The zero-order chi connectivity index (χ0) is 20.2. The minimum Gasteiger partial charge on any atom is -0.436 e. The third kappa shape index (κ3) is 2.63. The number of oxazole rings is 1. The molecule has 2 N–H and O–H groups in total. The van der Waals surface area contributed by atoms with Gasteiger partial charge in [-0.25, -0.2) is 4.98 Å². The lowest BCUT2D eigenvalue weighted by molar-refractivity contribution is 0.510. The van der Waals surface area contributed by atoms with Gasteiger partial charge in [0, 0.05) is 28.2 Å². The lowest BCUT2D eigenvalue weighted by atomic mass is 9.74. The monoisotopic (exact) mass is 373 g/mol. The molecule has 0 unspecified atom stereocenters. The average Bonchev–Trinajstić information content (AvgIpc) is 3.09. The SMILES string of the molecule is CC1=C(C)C(C)(C)C(C)=C(C)N1c1ccc(-c2nc3ccccc3o2)c(N)c1. The maximum Gasteiger partial charge on any atom is 0.229 e. The maximum atomic E-state index is 6.44. The van der Waals surface area contributed by atoms with Crippen molar-refractivity contribution in [3.8, 4) is 11.5 Å². The van der Waals surface area contributed by atoms with E-state index >= 15 is 0 Å². The van der Waals surface area contributed by atoms with Crippen LogP contribution in [0.3, 0.4) is 0 Å². The van der Waals surface area contributed by atoms with Gasteiger partial charge in [-0.2, -0.15) is 0 Å². The van der Waals surface area contributed by atoms with E-state index in [2.05, 4.69) is 57.5 Å². The van der Waals surface area contributed by atoms with Crippen molar-refractivity contribution in [1.82, 2.24) is 4.98 Å². The molecule has 0 saturated heterocycles. The zero-order valence-electron chi connectivity index (χ0n) is 17.4. The third-order valence-corrected chi connectivity index (χ3v) is 6.45. The smallest absolute Gasteiger partial charge is 0.229 e. The van der Waals surface area contributed by atoms with Gasteiger partial charge in [-0.1, -0.05) is 26.0 Å². The second-order valence-electron chi connectivity index (χ2n) is 8.14. The van der Waals surface area contributed by atoms with Gasteiger partial charge >= 0.3 is 0 Å². The molecule has 4 nitrogen and oxygen atoms in total. The van der Waals surface area contributed by atoms with Crippen molar-refractivity contribution < 1.29 is 4.42 Å². The summed E-state index contributed by atoms with van der Waals surface area (Å²) in [4.78, 5) is 6.87. The first-order valence-electron chi connectivity index (χ1n) is 9.63. The highest BCUT2D eigenvalue weighted by Crippen LogP contribution is 2.46. The van der Waals surface area contributed by atoms with Gasteiger partial charge in [0.15, 0.2) is 5.58 Å². The molecule has 2 aromatic carbocycles. The number of anilines is 2. The second-order valence-corrected chi connectivity index (χ2v) is 8.14. The van der Waals surface area contributed by atoms with Crippen LogP contribution in [0.2, 0.25) is 0 Å². The molecule has 1 aliphatic heterocycles. The van der Waals surface area contributed by atoms with Crippen LogP contribution < -0.4 is 10.6 Å². The Kier molecular flexibility index (Phi) is 4.11. The van der Waals surface area contributed by atoms with E-state index in [0.29, 0.717) is 11.6 Å². The Morgan fingerprint density at radius 2 is 1.57 bits per heavy atom. The van der Waals surface area contributed by atoms with E-state index in [9.17, 15) is 0 Å². The van der Waals surface area contributed by atoms with Gasteiger partial charge in [0.2, 0.25) is 5.89 Å². The first-order valence-corrected chi connectivity index (χ1v) is 9.63. The van der Waals surface area contributed by atoms with Crippen LogP contribution in [0, 0.1) is 5.41 Å². The van der Waals surface area contributed by atoms with Gasteiger partial charge < -0.3 is 15.1 Å². The van der Waals surface area contributed by atoms with E-state index < -0.39 is 0 Å². The number of nitrogens with zero attached hydrogens (tertiary/aromatic N) is 2. The van der Waals surface area contributed by atoms with Crippen LogP contribution in [0.1, 0.15) is 41.5 Å². The van der Waals surface area contributed by atoms with Gasteiger partial charge in [-0.3, -0.25) is 0 Å². The molecule has 4 heteroatoms. The summed E-state index contributed by atoms with van der Waals surface area (Å²) in [6, 6.07) is 13.9. The van der Waals surface area contributed by atoms with Gasteiger partial charge in [0.1, 0.15) is 5.52 Å². The molecule has 1 aromatic heterocycles. The summed E-state index contributed by atoms with van der Waals surface area (Å²) >= 11 is 0. The highest BCUT2D eigenvalue weighted by Gasteiger charge is 2.33. The van der Waals surface area contributed by atoms with Crippen LogP contribution in [-0.4, -0.2) is 4.98 Å². The predicted molar refractivity (Wildman–Crippen MR) is 117 cm³/mol. The fourth-order valence-electron chi connectivity index (χ4n) is 4.03. The molecule has 28 heavy (non-hydrogen) atoms. The topological polar surface area (TPSA) is 55.3 Å². The van der Waals surface area contributed by atoms with Crippen molar-refractivity contribution in [3.05, 3.63) is 65.0 Å². The van der Waals surface area contributed by atoms with E-state index in [1.807, 2.05) is 36.4 Å². The molecule has 0 fully saturated rings. The maximum absolute atomic E-state index is 6.44. The number of fused-ring (bicyclic) bond motifs is 1. The standard InChI is InChI=1S/C24H27N3O/c1-14-16(3)27(17(4)15(2)24(14,5)6)18-11-12-19(20(25)13-18)23-26-21-9-7-8-10-22(21)28-23/h7-13H,25H2,1-6H3. The van der Waals surface area contributed by atoms with Crippen molar-refractivity contribution >= 4 is 22.5 Å². The molecule has 4 rings (SSSR count). The van der Waals surface area contributed by atoms with Crippen LogP contribution in [0.25, 0.3) is 22.6 Å². The number of nitrogens with two attached hydrogens (primary N) is 1. The minimum absolute atomic E-state index is 0.0638. The Hall–Kier alpha value is -3.01. The van der Waals surface area contributed by atoms with E-state index in [0.717, 1.165) is 22.4 Å². The highest BCUT2D eigenvalue weighted by molar-refractivity contribution is 5.81. The summed E-state index contributed by atoms with van der Waals surface area (Å²) in [5, 5.41) is 0. The highest BCUT2D eigenvalue weighted by atomic mass is 16.3. The van der Waals surface area contributed by atoms with E-state index in [4.69, 9.17) is 10.2 Å². The second kappa shape index (κ2) is 6.26. The molecule has 0 bridgehead atoms. The first-order chi connectivity index (χ1) is 13.2. The molecular formula is C24H27N3O. The molecule has 3 aromatic rings. The lowest BCUT2D eigenvalue weighted by Crippen LogP contribution is -2.32. The number of benzene rings is 2. The molecule has 0 radical (unpaired) electrons. The van der Waals surface area contributed by atoms with Gasteiger partial charge in [-0.05, 0) is 69.2 Å². The van der Waals surface area contributed by atoms with Crippen LogP contribution in [0.4, 0.5) is 11.4 Å². The Bertz CT molecular complexity index is 1090. The Morgan fingerprint density at radius 3 is 2.18 bits per heavy atom. The van der Waals surface area contributed by atoms with Crippen molar-refractivity contribution in [3.63, 3.8) is 0 Å². The van der Waals surface area contributed by atoms with Gasteiger partial charge in [0.05, 0.1) is 5.56 Å². The number of hydrogen-bond acceptors (Lipinski definition) is 4. The van der Waals surface area contributed by atoms with Crippen LogP contribution in [0.5, 0.6) is 0 Å². The number of hydrogen-bond donors (Lipinski definition) is 1. The summed E-state index contributed by atoms with van der Waals surface area (Å²) in [6.45, 7) is 13.4. The molecule has 0 atom stereocenters. The Balaban J connectivity index is 1.79. The average molecular weight is 374 g/mol. The number of nitrogen functional groups attached to an aromatic ring is 1. The lowest BCUT2D eigenvalue weighted by Gasteiger charge is -2.42. The van der Waals surface area contributed by atoms with Crippen molar-refractivity contribution in [2.45, 2.75) is 41.5 Å². The normalized spacial score (nSPS) is 17.0. The largest absolute Gasteiger partial charge is 0.436 e. The summed E-state index contributed by atoms with van der Waals surface area (Å²) in [5.74, 6) is 0.553. The molecule has 0 saturated carbocycles. The van der Waals surface area contributed by atoms with Gasteiger partial charge in [0.25, 0.3) is 0 Å². The summed E-state index contributed by atoms with van der Waals surface area (Å²) in [7, 11) is 0. The van der Waals surface area contributed by atoms with Crippen molar-refractivity contribution in [2.24, 2.45) is 5.41 Å².